The second-order valence-electron chi connectivity index (χ2n) is 7.66. The van der Waals surface area contributed by atoms with Crippen LogP contribution in [0.5, 0.6) is 5.75 Å². The Morgan fingerprint density at radius 3 is 3.00 bits per heavy atom. The summed E-state index contributed by atoms with van der Waals surface area (Å²) < 4.78 is 13.9. The van der Waals surface area contributed by atoms with E-state index in [9.17, 15) is 4.79 Å². The molecule has 2 aliphatic heterocycles. The molecule has 5 rings (SSSR count). The highest BCUT2D eigenvalue weighted by molar-refractivity contribution is 7.15. The molecule has 2 fully saturated rings. The lowest BCUT2D eigenvalue weighted by atomic mass is 10.0. The highest BCUT2D eigenvalue weighted by Crippen LogP contribution is 2.30. The normalized spacial score (nSPS) is 22.6. The van der Waals surface area contributed by atoms with Crippen LogP contribution < -0.4 is 4.74 Å². The molecule has 1 amide bonds. The lowest BCUT2D eigenvalue weighted by Crippen LogP contribution is -2.55. The summed E-state index contributed by atoms with van der Waals surface area (Å²) in [5.41, 5.74) is 0.234. The summed E-state index contributed by atoms with van der Waals surface area (Å²) >= 11 is 1.54. The number of hydrogen-bond donors (Lipinski definition) is 0. The maximum Gasteiger partial charge on any atom is 0.274 e. The van der Waals surface area contributed by atoms with Gasteiger partial charge in [0.1, 0.15) is 18.1 Å². The molecule has 1 spiro atoms. The van der Waals surface area contributed by atoms with Crippen molar-refractivity contribution in [3.63, 3.8) is 0 Å². The van der Waals surface area contributed by atoms with E-state index in [-0.39, 0.29) is 11.5 Å². The van der Waals surface area contributed by atoms with E-state index < -0.39 is 0 Å². The predicted octanol–water partition coefficient (Wildman–Crippen LogP) is 2.39. The third-order valence-electron chi connectivity index (χ3n) is 5.66. The molecule has 29 heavy (non-hydrogen) atoms. The molecule has 2 saturated heterocycles. The van der Waals surface area contributed by atoms with E-state index in [0.29, 0.717) is 32.0 Å². The molecule has 0 N–H and O–H groups in total. The van der Waals surface area contributed by atoms with Gasteiger partial charge in [-0.05, 0) is 18.6 Å². The zero-order valence-corrected chi connectivity index (χ0v) is 17.0. The van der Waals surface area contributed by atoms with Crippen LogP contribution in [-0.2, 0) is 4.74 Å². The predicted molar refractivity (Wildman–Crippen MR) is 111 cm³/mol. The summed E-state index contributed by atoms with van der Waals surface area (Å²) in [5, 5.41) is 1.97. The molecular formula is C21H24N4O3S. The van der Waals surface area contributed by atoms with E-state index in [1.54, 1.807) is 0 Å². The smallest absolute Gasteiger partial charge is 0.274 e. The molecular weight excluding hydrogens is 388 g/mol. The zero-order chi connectivity index (χ0) is 19.7. The quantitative estimate of drug-likeness (QED) is 0.644. The number of nitrogens with zero attached hydrogens (tertiary/aromatic N) is 4. The number of para-hydroxylation sites is 1. The molecule has 1 aromatic carbocycles. The van der Waals surface area contributed by atoms with Gasteiger partial charge in [0.15, 0.2) is 4.96 Å². The number of rotatable bonds is 5. The Hall–Kier alpha value is -2.42. The Morgan fingerprint density at radius 2 is 2.14 bits per heavy atom. The van der Waals surface area contributed by atoms with E-state index in [2.05, 4.69) is 9.88 Å². The largest absolute Gasteiger partial charge is 0.492 e. The first-order chi connectivity index (χ1) is 14.2. The van der Waals surface area contributed by atoms with Gasteiger partial charge in [-0.1, -0.05) is 18.2 Å². The van der Waals surface area contributed by atoms with Gasteiger partial charge in [-0.3, -0.25) is 14.1 Å². The fraction of sp³-hybridized carbons (Fsp3) is 0.429. The van der Waals surface area contributed by atoms with Crippen molar-refractivity contribution in [2.24, 2.45) is 0 Å². The molecule has 2 aromatic heterocycles. The van der Waals surface area contributed by atoms with Gasteiger partial charge in [-0.25, -0.2) is 4.98 Å². The van der Waals surface area contributed by atoms with Crippen LogP contribution in [0.4, 0.5) is 0 Å². The molecule has 2 aliphatic rings. The number of imidazole rings is 1. The van der Waals surface area contributed by atoms with Gasteiger partial charge in [-0.15, -0.1) is 11.3 Å². The zero-order valence-electron chi connectivity index (χ0n) is 16.2. The fourth-order valence-electron chi connectivity index (χ4n) is 4.19. The molecule has 8 heteroatoms. The summed E-state index contributed by atoms with van der Waals surface area (Å²) in [6.45, 7) is 5.09. The second-order valence-corrected chi connectivity index (χ2v) is 8.54. The minimum atomic E-state index is -0.280. The Bertz CT molecular complexity index is 960. The van der Waals surface area contributed by atoms with Crippen molar-refractivity contribution in [1.29, 1.82) is 0 Å². The first-order valence-corrected chi connectivity index (χ1v) is 10.8. The Balaban J connectivity index is 1.18. The first kappa shape index (κ1) is 18.6. The lowest BCUT2D eigenvalue weighted by Gasteiger charge is -2.40. The van der Waals surface area contributed by atoms with Crippen LogP contribution in [0.2, 0.25) is 0 Å². The molecule has 0 aliphatic carbocycles. The van der Waals surface area contributed by atoms with Gasteiger partial charge in [0.2, 0.25) is 0 Å². The monoisotopic (exact) mass is 412 g/mol. The molecule has 0 saturated carbocycles. The standard InChI is InChI=1S/C21H24N4O3S/c26-19(18-14-24-10-13-29-20(24)22-18)25-9-12-28-21(16-25)6-7-23(15-21)8-11-27-17-4-2-1-3-5-17/h1-5,10,13-14H,6-9,11-12,15-16H2. The number of fused-ring (bicyclic) bond motifs is 1. The number of benzene rings is 1. The minimum absolute atomic E-state index is 0.00515. The van der Waals surface area contributed by atoms with Crippen molar-refractivity contribution in [3.05, 3.63) is 53.8 Å². The molecule has 0 radical (unpaired) electrons. The Kier molecular flexibility index (Phi) is 4.99. The van der Waals surface area contributed by atoms with Gasteiger partial charge in [0.25, 0.3) is 5.91 Å². The van der Waals surface area contributed by atoms with E-state index in [1.807, 2.05) is 57.4 Å². The number of ether oxygens (including phenoxy) is 2. The van der Waals surface area contributed by atoms with Gasteiger partial charge >= 0.3 is 0 Å². The number of morpholine rings is 1. The number of aromatic nitrogens is 2. The number of thiazole rings is 1. The average molecular weight is 413 g/mol. The summed E-state index contributed by atoms with van der Waals surface area (Å²) in [4.78, 5) is 22.6. The summed E-state index contributed by atoms with van der Waals surface area (Å²) in [7, 11) is 0. The van der Waals surface area contributed by atoms with Gasteiger partial charge < -0.3 is 14.4 Å². The molecule has 7 nitrogen and oxygen atoms in total. The molecule has 4 heterocycles. The van der Waals surface area contributed by atoms with E-state index in [0.717, 1.165) is 36.8 Å². The maximum atomic E-state index is 13.0. The minimum Gasteiger partial charge on any atom is -0.492 e. The number of carbonyl (C=O) groups excluding carboxylic acids is 1. The van der Waals surface area contributed by atoms with Crippen LogP contribution in [0.15, 0.2) is 48.1 Å². The van der Waals surface area contributed by atoms with Crippen molar-refractivity contribution in [3.8, 4) is 5.75 Å². The van der Waals surface area contributed by atoms with E-state index in [4.69, 9.17) is 9.47 Å². The molecule has 0 bridgehead atoms. The number of hydrogen-bond acceptors (Lipinski definition) is 6. The third kappa shape index (κ3) is 3.88. The van der Waals surface area contributed by atoms with Crippen LogP contribution in [0.25, 0.3) is 4.96 Å². The second kappa shape index (κ2) is 7.78. The number of amides is 1. The van der Waals surface area contributed by atoms with Crippen molar-refractivity contribution in [2.45, 2.75) is 12.0 Å². The van der Waals surface area contributed by atoms with Gasteiger partial charge in [-0.2, -0.15) is 0 Å². The van der Waals surface area contributed by atoms with Crippen LogP contribution in [-0.4, -0.2) is 76.6 Å². The molecule has 1 atom stereocenters. The maximum absolute atomic E-state index is 13.0. The Labute approximate surface area is 173 Å². The molecule has 3 aromatic rings. The first-order valence-electron chi connectivity index (χ1n) is 9.96. The summed E-state index contributed by atoms with van der Waals surface area (Å²) in [6, 6.07) is 9.88. The van der Waals surface area contributed by atoms with Gasteiger partial charge in [0, 0.05) is 44.0 Å². The highest BCUT2D eigenvalue weighted by atomic mass is 32.1. The molecule has 1 unspecified atom stereocenters. The summed E-state index contributed by atoms with van der Waals surface area (Å²) in [5.74, 6) is 0.890. The topological polar surface area (TPSA) is 59.3 Å². The van der Waals surface area contributed by atoms with Crippen molar-refractivity contribution in [2.75, 3.05) is 45.9 Å². The van der Waals surface area contributed by atoms with Crippen molar-refractivity contribution >= 4 is 22.2 Å². The SMILES string of the molecule is O=C(c1cn2ccsc2n1)N1CCOC2(CCN(CCOc3ccccc3)C2)C1. The van der Waals surface area contributed by atoms with Crippen LogP contribution in [0.1, 0.15) is 16.9 Å². The lowest BCUT2D eigenvalue weighted by molar-refractivity contribution is -0.0919. The highest BCUT2D eigenvalue weighted by Gasteiger charge is 2.44. The Morgan fingerprint density at radius 1 is 1.24 bits per heavy atom. The van der Waals surface area contributed by atoms with Crippen molar-refractivity contribution < 1.29 is 14.3 Å². The van der Waals surface area contributed by atoms with Crippen LogP contribution in [0.3, 0.4) is 0 Å². The third-order valence-corrected chi connectivity index (χ3v) is 6.43. The summed E-state index contributed by atoms with van der Waals surface area (Å²) in [6.07, 6.45) is 4.68. The van der Waals surface area contributed by atoms with Crippen molar-refractivity contribution in [1.82, 2.24) is 19.2 Å². The average Bonchev–Trinajstić information content (AvgIpc) is 3.44. The van der Waals surface area contributed by atoms with E-state index >= 15 is 0 Å². The van der Waals surface area contributed by atoms with E-state index in [1.165, 1.54) is 11.3 Å². The van der Waals surface area contributed by atoms with Gasteiger partial charge in [0.05, 0.1) is 18.8 Å². The fourth-order valence-corrected chi connectivity index (χ4v) is 4.89. The van der Waals surface area contributed by atoms with Crippen LogP contribution in [0, 0.1) is 0 Å². The molecule has 152 valence electrons. The van der Waals surface area contributed by atoms with Crippen LogP contribution >= 0.6 is 11.3 Å². The number of carbonyl (C=O) groups is 1. The number of likely N-dealkylation sites (tertiary alicyclic amines) is 1.